The summed E-state index contributed by atoms with van der Waals surface area (Å²) < 4.78 is 27.1. The Hall–Kier alpha value is -8.70. The van der Waals surface area contributed by atoms with Crippen molar-refractivity contribution in [2.75, 3.05) is 13.2 Å². The summed E-state index contributed by atoms with van der Waals surface area (Å²) in [4.78, 5) is 0. The topological polar surface area (TPSA) is 36.9 Å². The van der Waals surface area contributed by atoms with E-state index in [1.54, 1.807) is 0 Å². The van der Waals surface area contributed by atoms with Gasteiger partial charge in [0.1, 0.15) is 36.2 Å². The molecule has 0 atom stereocenters. The van der Waals surface area contributed by atoms with E-state index in [1.165, 1.54) is 0 Å². The molecule has 0 unspecified atom stereocenters. The van der Waals surface area contributed by atoms with Gasteiger partial charge in [0.25, 0.3) is 0 Å². The zero-order valence-corrected chi connectivity index (χ0v) is 35.7. The Kier molecular flexibility index (Phi) is 8.26. The van der Waals surface area contributed by atoms with Gasteiger partial charge in [-0.3, -0.25) is 0 Å². The molecule has 0 fully saturated rings. The summed E-state index contributed by atoms with van der Waals surface area (Å²) in [6.45, 7) is 0.342. The van der Waals surface area contributed by atoms with Gasteiger partial charge in [-0.1, -0.05) is 157 Å². The van der Waals surface area contributed by atoms with E-state index < -0.39 is 11.2 Å². The van der Waals surface area contributed by atoms with Crippen LogP contribution in [0.25, 0.3) is 54.9 Å². The molecule has 13 rings (SSSR count). The molecule has 0 N–H and O–H groups in total. The van der Waals surface area contributed by atoms with E-state index in [0.717, 1.165) is 122 Å². The van der Waals surface area contributed by atoms with Crippen molar-refractivity contribution >= 4 is 32.7 Å². The van der Waals surface area contributed by atoms with E-state index in [-0.39, 0.29) is 13.2 Å². The number of rotatable bonds is 6. The lowest BCUT2D eigenvalue weighted by Crippen LogP contribution is -2.33. The maximum absolute atomic E-state index is 7.48. The van der Waals surface area contributed by atoms with Gasteiger partial charge in [-0.2, -0.15) is 0 Å². The quantitative estimate of drug-likeness (QED) is 0.156. The monoisotopic (exact) mass is 846 g/mol. The summed E-state index contributed by atoms with van der Waals surface area (Å²) >= 11 is 0. The Balaban J connectivity index is 1.02. The number of benzene rings is 9. The van der Waals surface area contributed by atoms with Crippen LogP contribution in [0.5, 0.6) is 23.0 Å². The van der Waals surface area contributed by atoms with E-state index in [4.69, 9.17) is 31.8 Å². The fraction of sp³-hybridized carbons (Fsp3) is 0.0645. The van der Waals surface area contributed by atoms with Gasteiger partial charge in [0.15, 0.2) is 11.2 Å². The van der Waals surface area contributed by atoms with Crippen LogP contribution >= 0.6 is 0 Å². The van der Waals surface area contributed by atoms with Crippen LogP contribution in [0.3, 0.4) is 0 Å². The van der Waals surface area contributed by atoms with Crippen LogP contribution in [0.15, 0.2) is 194 Å². The molecular weight excluding hydrogens is 809 g/mol. The van der Waals surface area contributed by atoms with Gasteiger partial charge in [0.05, 0.1) is 0 Å². The largest absolute Gasteiger partial charge is 0.480 e. The van der Waals surface area contributed by atoms with Crippen molar-refractivity contribution in [3.8, 4) is 69.9 Å². The Morgan fingerprint density at radius 3 is 1.09 bits per heavy atom. The molecule has 310 valence electrons. The molecule has 9 aromatic carbocycles. The average Bonchev–Trinajstić information content (AvgIpc) is 3.80. The van der Waals surface area contributed by atoms with Crippen LogP contribution in [0.4, 0.5) is 0 Å². The number of ether oxygens (including phenoxy) is 4. The van der Waals surface area contributed by atoms with E-state index in [2.05, 4.69) is 182 Å². The highest BCUT2D eigenvalue weighted by molar-refractivity contribution is 6.03. The lowest BCUT2D eigenvalue weighted by Gasteiger charge is -2.37. The molecule has 0 saturated heterocycles. The highest BCUT2D eigenvalue weighted by Crippen LogP contribution is 2.59. The number of terminal acetylenes is 2. The van der Waals surface area contributed by atoms with Crippen LogP contribution in [0.2, 0.25) is 0 Å². The third-order valence-electron chi connectivity index (χ3n) is 13.8. The zero-order valence-electron chi connectivity index (χ0n) is 35.7. The fourth-order valence-electron chi connectivity index (χ4n) is 11.0. The van der Waals surface area contributed by atoms with E-state index in [1.807, 2.05) is 24.3 Å². The molecule has 0 bridgehead atoms. The second-order valence-electron chi connectivity index (χ2n) is 17.1. The summed E-state index contributed by atoms with van der Waals surface area (Å²) in [5.41, 5.74) is 13.6. The van der Waals surface area contributed by atoms with Crippen molar-refractivity contribution in [3.05, 3.63) is 239 Å². The van der Waals surface area contributed by atoms with E-state index in [0.29, 0.717) is 0 Å². The van der Waals surface area contributed by atoms with Crippen molar-refractivity contribution in [1.29, 1.82) is 0 Å². The van der Waals surface area contributed by atoms with Gasteiger partial charge in [0.2, 0.25) is 0 Å². The highest BCUT2D eigenvalue weighted by atomic mass is 16.5. The minimum absolute atomic E-state index is 0.171. The summed E-state index contributed by atoms with van der Waals surface area (Å²) in [7, 11) is 0. The maximum Gasteiger partial charge on any atom is 0.179 e. The highest BCUT2D eigenvalue weighted by Gasteiger charge is 2.49. The molecule has 66 heavy (non-hydrogen) atoms. The Labute approximate surface area is 383 Å². The van der Waals surface area contributed by atoms with E-state index in [9.17, 15) is 0 Å². The van der Waals surface area contributed by atoms with Gasteiger partial charge in [-0.15, -0.1) is 12.8 Å². The molecule has 0 aromatic heterocycles. The first-order valence-electron chi connectivity index (χ1n) is 22.2. The normalized spacial score (nSPS) is 14.8. The molecule has 2 heterocycles. The Morgan fingerprint density at radius 1 is 0.364 bits per heavy atom. The molecule has 2 spiro atoms. The fourth-order valence-corrected chi connectivity index (χ4v) is 11.0. The molecule has 0 amide bonds. The molecule has 9 aromatic rings. The van der Waals surface area contributed by atoms with Gasteiger partial charge >= 0.3 is 0 Å². The Morgan fingerprint density at radius 2 is 0.727 bits per heavy atom. The second kappa shape index (κ2) is 14.4. The second-order valence-corrected chi connectivity index (χ2v) is 17.1. The molecule has 4 nitrogen and oxygen atoms in total. The number of hydrogen-bond acceptors (Lipinski definition) is 4. The molecular formula is C62H38O4. The molecule has 4 aliphatic rings. The van der Waals surface area contributed by atoms with Crippen molar-refractivity contribution in [3.63, 3.8) is 0 Å². The van der Waals surface area contributed by atoms with Gasteiger partial charge in [-0.25, -0.2) is 0 Å². The van der Waals surface area contributed by atoms with Crippen LogP contribution in [-0.2, 0) is 11.2 Å². The van der Waals surface area contributed by atoms with Crippen LogP contribution < -0.4 is 18.9 Å². The third kappa shape index (κ3) is 5.31. The average molecular weight is 847 g/mol. The van der Waals surface area contributed by atoms with Gasteiger partial charge in [0, 0.05) is 54.9 Å². The summed E-state index contributed by atoms with van der Waals surface area (Å²) in [6, 6.07) is 64.1. The van der Waals surface area contributed by atoms with Crippen LogP contribution in [-0.4, -0.2) is 13.2 Å². The third-order valence-corrected chi connectivity index (χ3v) is 13.8. The first-order chi connectivity index (χ1) is 32.6. The van der Waals surface area contributed by atoms with Crippen molar-refractivity contribution in [1.82, 2.24) is 0 Å². The van der Waals surface area contributed by atoms with Crippen LogP contribution in [0, 0.1) is 24.7 Å². The maximum atomic E-state index is 7.48. The number of hydrogen-bond donors (Lipinski definition) is 0. The SMILES string of the molecule is C#CCOc1cccc2c3c(ccc12)C(c1ccc(C2=CC4(Oc5c2ccc2c(OCC#C)cccc52)c2ccccc2-c2ccccc24)cc1)=CC1(O3)c2ccccc2-c2ccccc21. The van der Waals surface area contributed by atoms with E-state index >= 15 is 0 Å². The smallest absolute Gasteiger partial charge is 0.179 e. The van der Waals surface area contributed by atoms with Crippen molar-refractivity contribution < 1.29 is 18.9 Å². The van der Waals surface area contributed by atoms with Gasteiger partial charge in [-0.05, 0) is 93.1 Å². The first kappa shape index (κ1) is 37.8. The lowest BCUT2D eigenvalue weighted by molar-refractivity contribution is 0.167. The summed E-state index contributed by atoms with van der Waals surface area (Å²) in [6.07, 6.45) is 16.0. The molecule has 2 aliphatic heterocycles. The predicted octanol–water partition coefficient (Wildman–Crippen LogP) is 13.5. The molecule has 4 heteroatoms. The van der Waals surface area contributed by atoms with Crippen molar-refractivity contribution in [2.45, 2.75) is 11.2 Å². The van der Waals surface area contributed by atoms with Crippen LogP contribution in [0.1, 0.15) is 44.5 Å². The zero-order chi connectivity index (χ0) is 44.0. The minimum atomic E-state index is -0.889. The predicted molar refractivity (Wildman–Crippen MR) is 264 cm³/mol. The Bertz CT molecular complexity index is 3350. The van der Waals surface area contributed by atoms with Crippen molar-refractivity contribution in [2.24, 2.45) is 0 Å². The molecule has 0 radical (unpaired) electrons. The minimum Gasteiger partial charge on any atom is -0.480 e. The summed E-state index contributed by atoms with van der Waals surface area (Å²) in [5.74, 6) is 8.28. The lowest BCUT2D eigenvalue weighted by atomic mass is 9.80. The molecule has 0 saturated carbocycles. The molecule has 2 aliphatic carbocycles. The number of fused-ring (bicyclic) bond motifs is 16. The first-order valence-corrected chi connectivity index (χ1v) is 22.2. The van der Waals surface area contributed by atoms with Gasteiger partial charge < -0.3 is 18.9 Å². The standard InChI is InChI=1S/C62H38O4/c1-3-35-63-57-25-13-19-47-45(57)31-33-49-51(37-61(65-59(47)49)53-21-9-5-15-41(53)42-16-6-10-22-54(42)61)39-27-29-40(30-28-39)52-38-62(55-23-11-7-17-43(55)44-18-8-12-24-56(44)62)66-60-48-20-14-26-58(64-36-4-2)46(48)32-34-50(52)60/h1-2,5-34,37-38H,35-36H2. The summed E-state index contributed by atoms with van der Waals surface area (Å²) in [5, 5.41) is 3.79.